The molecule has 0 heterocycles. The number of hydrogen-bond acceptors (Lipinski definition) is 3. The molecule has 0 saturated carbocycles. The van der Waals surface area contributed by atoms with Gasteiger partial charge in [0, 0.05) is 12.1 Å². The van der Waals surface area contributed by atoms with E-state index in [1.807, 2.05) is 0 Å². The van der Waals surface area contributed by atoms with Crippen LogP contribution in [0.15, 0.2) is 0 Å². The Bertz CT molecular complexity index is 269. The van der Waals surface area contributed by atoms with E-state index in [1.54, 1.807) is 6.92 Å². The summed E-state index contributed by atoms with van der Waals surface area (Å²) in [4.78, 5) is 13.2. The molecule has 0 aliphatic heterocycles. The highest BCUT2D eigenvalue weighted by molar-refractivity contribution is 5.67. The molecule has 0 rings (SSSR count). The highest BCUT2D eigenvalue weighted by atomic mass is 16.5. The van der Waals surface area contributed by atoms with Gasteiger partial charge < -0.3 is 10.1 Å². The summed E-state index contributed by atoms with van der Waals surface area (Å²) in [5, 5.41) is 2.56. The summed E-state index contributed by atoms with van der Waals surface area (Å²) in [6, 6.07) is 0.949. The third-order valence-electron chi connectivity index (χ3n) is 2.31. The Balaban J connectivity index is 3.90. The average molecular weight is 240 g/mol. The molecular formula is C13H24N2O2. The molecule has 0 aromatic heterocycles. The zero-order chi connectivity index (χ0) is 13.3. The molecule has 0 aromatic carbocycles. The molecule has 0 bridgehead atoms. The van der Waals surface area contributed by atoms with Gasteiger partial charge in [0.25, 0.3) is 0 Å². The first-order valence-electron chi connectivity index (χ1n) is 6.11. The number of nitrogens with zero attached hydrogens (tertiary/aromatic N) is 1. The van der Waals surface area contributed by atoms with Crippen molar-refractivity contribution in [1.29, 1.82) is 0 Å². The summed E-state index contributed by atoms with van der Waals surface area (Å²) in [7, 11) is 0. The van der Waals surface area contributed by atoms with E-state index in [9.17, 15) is 4.79 Å². The second kappa shape index (κ2) is 8.89. The summed E-state index contributed by atoms with van der Waals surface area (Å²) < 4.78 is 4.72. The van der Waals surface area contributed by atoms with Gasteiger partial charge >= 0.3 is 6.09 Å². The summed E-state index contributed by atoms with van der Waals surface area (Å²) >= 11 is 0. The molecule has 4 heteroatoms. The lowest BCUT2D eigenvalue weighted by atomic mass is 10.2. The highest BCUT2D eigenvalue weighted by Crippen LogP contribution is 2.02. The van der Waals surface area contributed by atoms with Crippen molar-refractivity contribution in [2.24, 2.45) is 0 Å². The minimum absolute atomic E-state index is 0.336. The zero-order valence-corrected chi connectivity index (χ0v) is 11.5. The molecule has 0 aliphatic rings. The van der Waals surface area contributed by atoms with Gasteiger partial charge in [-0.05, 0) is 34.6 Å². The lowest BCUT2D eigenvalue weighted by molar-refractivity contribution is 0.153. The van der Waals surface area contributed by atoms with Crippen LogP contribution in [0.2, 0.25) is 0 Å². The molecule has 0 saturated heterocycles. The van der Waals surface area contributed by atoms with E-state index in [1.165, 1.54) is 0 Å². The monoisotopic (exact) mass is 240 g/mol. The van der Waals surface area contributed by atoms with Gasteiger partial charge in [-0.2, -0.15) is 0 Å². The van der Waals surface area contributed by atoms with E-state index >= 15 is 0 Å². The lowest BCUT2D eigenvalue weighted by Crippen LogP contribution is -2.37. The van der Waals surface area contributed by atoms with Crippen LogP contribution in [0.25, 0.3) is 0 Å². The summed E-state index contributed by atoms with van der Waals surface area (Å²) in [5.74, 6) is 5.96. The number of rotatable bonds is 5. The van der Waals surface area contributed by atoms with Gasteiger partial charge in [0.15, 0.2) is 0 Å². The van der Waals surface area contributed by atoms with Gasteiger partial charge in [-0.15, -0.1) is 0 Å². The Morgan fingerprint density at radius 3 is 2.29 bits per heavy atom. The molecule has 4 nitrogen and oxygen atoms in total. The van der Waals surface area contributed by atoms with Crippen LogP contribution in [0.4, 0.5) is 4.79 Å². The Morgan fingerprint density at radius 1 is 1.24 bits per heavy atom. The maximum atomic E-state index is 10.9. The normalized spacial score (nSPS) is 10.4. The third-order valence-corrected chi connectivity index (χ3v) is 2.31. The van der Waals surface area contributed by atoms with Crippen molar-refractivity contribution in [3.8, 4) is 11.8 Å². The van der Waals surface area contributed by atoms with Crippen LogP contribution in [0.1, 0.15) is 34.6 Å². The molecule has 1 amide bonds. The Labute approximate surface area is 105 Å². The molecule has 0 atom stereocenters. The molecule has 17 heavy (non-hydrogen) atoms. The van der Waals surface area contributed by atoms with Crippen LogP contribution in [0.3, 0.4) is 0 Å². The SMILES string of the molecule is CCOC(=O)NCC#CCN(C(C)C)C(C)C. The number of ether oxygens (including phenoxy) is 1. The second-order valence-electron chi connectivity index (χ2n) is 4.29. The van der Waals surface area contributed by atoms with Gasteiger partial charge in [0.05, 0.1) is 19.7 Å². The molecule has 1 N–H and O–H groups in total. The fourth-order valence-corrected chi connectivity index (χ4v) is 1.47. The van der Waals surface area contributed by atoms with Crippen molar-refractivity contribution in [3.63, 3.8) is 0 Å². The van der Waals surface area contributed by atoms with Crippen LogP contribution in [-0.2, 0) is 4.74 Å². The van der Waals surface area contributed by atoms with E-state index in [2.05, 4.69) is 49.8 Å². The van der Waals surface area contributed by atoms with Crippen LogP contribution < -0.4 is 5.32 Å². The second-order valence-corrected chi connectivity index (χ2v) is 4.29. The number of amides is 1. The standard InChI is InChI=1S/C13H24N2O2/c1-6-17-13(16)14-9-7-8-10-15(11(2)3)12(4)5/h11-12H,6,9-10H2,1-5H3,(H,14,16). The van der Waals surface area contributed by atoms with E-state index in [0.29, 0.717) is 25.2 Å². The lowest BCUT2D eigenvalue weighted by Gasteiger charge is -2.28. The van der Waals surface area contributed by atoms with Crippen molar-refractivity contribution in [1.82, 2.24) is 10.2 Å². The fourth-order valence-electron chi connectivity index (χ4n) is 1.47. The van der Waals surface area contributed by atoms with Crippen molar-refractivity contribution in [2.75, 3.05) is 19.7 Å². The maximum Gasteiger partial charge on any atom is 0.407 e. The van der Waals surface area contributed by atoms with Crippen molar-refractivity contribution in [3.05, 3.63) is 0 Å². The predicted octanol–water partition coefficient (Wildman–Crippen LogP) is 1.85. The highest BCUT2D eigenvalue weighted by Gasteiger charge is 2.10. The summed E-state index contributed by atoms with van der Waals surface area (Å²) in [6.45, 7) is 11.8. The largest absolute Gasteiger partial charge is 0.450 e. The molecule has 0 aromatic rings. The van der Waals surface area contributed by atoms with Crippen molar-refractivity contribution < 1.29 is 9.53 Å². The number of carbonyl (C=O) groups excluding carboxylic acids is 1. The molecule has 0 aliphatic carbocycles. The van der Waals surface area contributed by atoms with Gasteiger partial charge in [-0.1, -0.05) is 11.8 Å². The Kier molecular flexibility index (Phi) is 8.25. The molecule has 0 fully saturated rings. The van der Waals surface area contributed by atoms with Crippen molar-refractivity contribution in [2.45, 2.75) is 46.7 Å². The van der Waals surface area contributed by atoms with Crippen LogP contribution >= 0.6 is 0 Å². The minimum atomic E-state index is -0.411. The van der Waals surface area contributed by atoms with Crippen LogP contribution in [-0.4, -0.2) is 42.8 Å². The van der Waals surface area contributed by atoms with Crippen LogP contribution in [0.5, 0.6) is 0 Å². The first-order valence-corrected chi connectivity index (χ1v) is 6.11. The Hall–Kier alpha value is -1.21. The smallest absolute Gasteiger partial charge is 0.407 e. The molecule has 0 unspecified atom stereocenters. The maximum absolute atomic E-state index is 10.9. The van der Waals surface area contributed by atoms with Crippen LogP contribution in [0, 0.1) is 11.8 Å². The topological polar surface area (TPSA) is 41.6 Å². The Morgan fingerprint density at radius 2 is 1.82 bits per heavy atom. The first kappa shape index (κ1) is 15.8. The molecule has 0 spiro atoms. The molecule has 98 valence electrons. The molecule has 0 radical (unpaired) electrons. The van der Waals surface area contributed by atoms with Crippen molar-refractivity contribution >= 4 is 6.09 Å². The van der Waals surface area contributed by atoms with Gasteiger partial charge in [0.2, 0.25) is 0 Å². The zero-order valence-electron chi connectivity index (χ0n) is 11.5. The summed E-state index contributed by atoms with van der Waals surface area (Å²) in [5.41, 5.74) is 0. The third kappa shape index (κ3) is 7.64. The van der Waals surface area contributed by atoms with Gasteiger partial charge in [0.1, 0.15) is 0 Å². The first-order chi connectivity index (χ1) is 7.99. The van der Waals surface area contributed by atoms with E-state index < -0.39 is 6.09 Å². The van der Waals surface area contributed by atoms with Gasteiger partial charge in [-0.3, -0.25) is 4.90 Å². The molecular weight excluding hydrogens is 216 g/mol. The summed E-state index contributed by atoms with van der Waals surface area (Å²) in [6.07, 6.45) is -0.411. The fraction of sp³-hybridized carbons (Fsp3) is 0.769. The number of hydrogen-bond donors (Lipinski definition) is 1. The number of carbonyl (C=O) groups is 1. The van der Waals surface area contributed by atoms with E-state index in [-0.39, 0.29) is 0 Å². The number of alkyl carbamates (subject to hydrolysis) is 1. The quantitative estimate of drug-likeness (QED) is 0.746. The predicted molar refractivity (Wildman–Crippen MR) is 69.8 cm³/mol. The van der Waals surface area contributed by atoms with Gasteiger partial charge in [-0.25, -0.2) is 4.79 Å². The van der Waals surface area contributed by atoms with E-state index in [4.69, 9.17) is 4.74 Å². The average Bonchev–Trinajstić information content (AvgIpc) is 2.22. The minimum Gasteiger partial charge on any atom is -0.450 e. The van der Waals surface area contributed by atoms with E-state index in [0.717, 1.165) is 6.54 Å². The number of nitrogens with one attached hydrogen (secondary N) is 1.